The molecule has 7 rings (SSSR count). The highest BCUT2D eigenvalue weighted by Crippen LogP contribution is 2.38. The van der Waals surface area contributed by atoms with E-state index in [1.807, 2.05) is 23.4 Å². The Kier molecular flexibility index (Phi) is 6.44. The van der Waals surface area contributed by atoms with Gasteiger partial charge in [-0.1, -0.05) is 0 Å². The van der Waals surface area contributed by atoms with Crippen molar-refractivity contribution in [1.82, 2.24) is 38.7 Å². The summed E-state index contributed by atoms with van der Waals surface area (Å²) < 4.78 is 11.3. The fourth-order valence-corrected chi connectivity index (χ4v) is 6.15. The zero-order chi connectivity index (χ0) is 28.2. The number of hydrogen-bond acceptors (Lipinski definition) is 7. The maximum absolute atomic E-state index is 13.5. The van der Waals surface area contributed by atoms with Gasteiger partial charge in [0.2, 0.25) is 5.91 Å². The molecule has 3 fully saturated rings. The third-order valence-corrected chi connectivity index (χ3v) is 8.45. The van der Waals surface area contributed by atoms with Crippen molar-refractivity contribution < 1.29 is 14.3 Å². The van der Waals surface area contributed by atoms with Crippen molar-refractivity contribution in [3.8, 4) is 0 Å². The number of morpholine rings is 1. The third-order valence-electron chi connectivity index (χ3n) is 8.45. The number of anilines is 2. The molecule has 4 aromatic rings. The Balaban J connectivity index is 1.24. The van der Waals surface area contributed by atoms with Crippen molar-refractivity contribution >= 4 is 45.5 Å². The van der Waals surface area contributed by atoms with E-state index in [1.54, 1.807) is 17.1 Å². The lowest BCUT2D eigenvalue weighted by Crippen LogP contribution is -2.41. The number of ether oxygens (including phenoxy) is 1. The molecule has 0 unspecified atom stereocenters. The van der Waals surface area contributed by atoms with Gasteiger partial charge in [-0.15, -0.1) is 0 Å². The number of imidazole rings is 1. The SMILES string of the molecule is CCn1nc(Nc2nc3c(cc(CC(=O)N(C4CC4)C4CC4)n3CC)c3c2ncn3C)cc1C(=O)N1CCOCC1. The highest BCUT2D eigenvalue weighted by molar-refractivity contribution is 6.07. The van der Waals surface area contributed by atoms with Crippen LogP contribution in [-0.4, -0.2) is 88.9 Å². The summed E-state index contributed by atoms with van der Waals surface area (Å²) in [6.45, 7) is 7.54. The molecule has 0 aromatic carbocycles. The molecular formula is C29H37N9O3. The van der Waals surface area contributed by atoms with Crippen LogP contribution in [0.5, 0.6) is 0 Å². The summed E-state index contributed by atoms with van der Waals surface area (Å²) in [4.78, 5) is 40.4. The van der Waals surface area contributed by atoms with E-state index in [-0.39, 0.29) is 11.8 Å². The monoisotopic (exact) mass is 559 g/mol. The standard InChI is InChI=1S/C29H37N9O3/c1-4-36-20(15-24(39)38(18-6-7-18)19-8-9-19)14-21-26-25(30-17-34(26)3)27(32-28(21)36)31-23-16-22(37(5-2)33-23)29(40)35-10-12-41-13-11-35/h14,16-19H,4-13,15H2,1-3H3,(H,31,32,33). The Bertz CT molecular complexity index is 1620. The molecule has 0 radical (unpaired) electrons. The largest absolute Gasteiger partial charge is 0.378 e. The summed E-state index contributed by atoms with van der Waals surface area (Å²) >= 11 is 0. The zero-order valence-electron chi connectivity index (χ0n) is 24.0. The van der Waals surface area contributed by atoms with E-state index in [9.17, 15) is 9.59 Å². The Morgan fingerprint density at radius 2 is 1.80 bits per heavy atom. The predicted molar refractivity (Wildman–Crippen MR) is 154 cm³/mol. The van der Waals surface area contributed by atoms with Gasteiger partial charge in [0.15, 0.2) is 11.6 Å². The fraction of sp³-hybridized carbons (Fsp3) is 0.552. The highest BCUT2D eigenvalue weighted by atomic mass is 16.5. The number of carbonyl (C=O) groups excluding carboxylic acids is 2. The van der Waals surface area contributed by atoms with Crippen LogP contribution in [0.3, 0.4) is 0 Å². The maximum atomic E-state index is 13.5. The minimum Gasteiger partial charge on any atom is -0.378 e. The van der Waals surface area contributed by atoms with Crippen molar-refractivity contribution in [2.45, 2.75) is 71.1 Å². The molecule has 2 saturated carbocycles. The van der Waals surface area contributed by atoms with Gasteiger partial charge in [0.25, 0.3) is 5.91 Å². The van der Waals surface area contributed by atoms with Crippen molar-refractivity contribution in [2.75, 3.05) is 31.6 Å². The van der Waals surface area contributed by atoms with E-state index in [1.165, 1.54) is 0 Å². The van der Waals surface area contributed by atoms with Crippen LogP contribution in [0.1, 0.15) is 55.7 Å². The van der Waals surface area contributed by atoms with Gasteiger partial charge < -0.3 is 29.0 Å². The van der Waals surface area contributed by atoms with Crippen LogP contribution in [0.2, 0.25) is 0 Å². The first-order valence-electron chi connectivity index (χ1n) is 14.8. The molecule has 2 aliphatic carbocycles. The van der Waals surface area contributed by atoms with Crippen LogP contribution in [0.25, 0.3) is 22.1 Å². The van der Waals surface area contributed by atoms with Gasteiger partial charge in [0.1, 0.15) is 16.9 Å². The van der Waals surface area contributed by atoms with Gasteiger partial charge in [-0.25, -0.2) is 9.97 Å². The number of fused-ring (bicyclic) bond motifs is 3. The Morgan fingerprint density at radius 3 is 2.46 bits per heavy atom. The molecule has 41 heavy (non-hydrogen) atoms. The van der Waals surface area contributed by atoms with Crippen molar-refractivity contribution in [2.24, 2.45) is 7.05 Å². The molecule has 5 heterocycles. The molecule has 1 aliphatic heterocycles. The quantitative estimate of drug-likeness (QED) is 0.335. The number of nitrogens with one attached hydrogen (secondary N) is 1. The van der Waals surface area contributed by atoms with E-state index < -0.39 is 0 Å². The normalized spacial score (nSPS) is 17.5. The number of aromatic nitrogens is 6. The van der Waals surface area contributed by atoms with Gasteiger partial charge in [0.05, 0.1) is 31.5 Å². The van der Waals surface area contributed by atoms with Gasteiger partial charge in [-0.05, 0) is 45.6 Å². The first-order chi connectivity index (χ1) is 20.0. The molecule has 0 spiro atoms. The average molecular weight is 560 g/mol. The van der Waals surface area contributed by atoms with Crippen LogP contribution in [0.15, 0.2) is 18.5 Å². The van der Waals surface area contributed by atoms with Crippen LogP contribution >= 0.6 is 0 Å². The van der Waals surface area contributed by atoms with Gasteiger partial charge >= 0.3 is 0 Å². The number of aryl methyl sites for hydroxylation is 3. The fourth-order valence-electron chi connectivity index (χ4n) is 6.15. The Labute approximate surface area is 238 Å². The number of rotatable bonds is 9. The topological polar surface area (TPSA) is 115 Å². The van der Waals surface area contributed by atoms with E-state index >= 15 is 0 Å². The summed E-state index contributed by atoms with van der Waals surface area (Å²) in [6.07, 6.45) is 6.65. The molecule has 4 aromatic heterocycles. The lowest BCUT2D eigenvalue weighted by molar-refractivity contribution is -0.131. The van der Waals surface area contributed by atoms with Crippen LogP contribution in [0.4, 0.5) is 11.6 Å². The summed E-state index contributed by atoms with van der Waals surface area (Å²) in [5.41, 5.74) is 3.97. The molecule has 1 saturated heterocycles. The summed E-state index contributed by atoms with van der Waals surface area (Å²) in [5, 5.41) is 9.02. The van der Waals surface area contributed by atoms with E-state index in [0.717, 1.165) is 53.4 Å². The van der Waals surface area contributed by atoms with Crippen LogP contribution in [0, 0.1) is 0 Å². The zero-order valence-corrected chi connectivity index (χ0v) is 24.0. The average Bonchev–Trinajstić information content (AvgIpc) is 3.89. The van der Waals surface area contributed by atoms with Gasteiger partial charge in [0, 0.05) is 62.5 Å². The summed E-state index contributed by atoms with van der Waals surface area (Å²) in [5.74, 6) is 1.27. The van der Waals surface area contributed by atoms with Gasteiger partial charge in [-0.2, -0.15) is 5.10 Å². The molecule has 3 aliphatic rings. The second-order valence-electron chi connectivity index (χ2n) is 11.3. The Morgan fingerprint density at radius 1 is 1.07 bits per heavy atom. The molecule has 216 valence electrons. The van der Waals surface area contributed by atoms with Gasteiger partial charge in [-0.3, -0.25) is 14.3 Å². The first-order valence-corrected chi connectivity index (χ1v) is 14.8. The number of amides is 2. The Hall–Kier alpha value is -3.93. The molecule has 1 N–H and O–H groups in total. The van der Waals surface area contributed by atoms with Crippen molar-refractivity contribution in [3.05, 3.63) is 29.8 Å². The number of nitrogens with zero attached hydrogens (tertiary/aromatic N) is 8. The minimum atomic E-state index is -0.0531. The minimum absolute atomic E-state index is 0.0531. The predicted octanol–water partition coefficient (Wildman–Crippen LogP) is 3.07. The second-order valence-corrected chi connectivity index (χ2v) is 11.3. The summed E-state index contributed by atoms with van der Waals surface area (Å²) in [6, 6.07) is 4.75. The molecule has 12 heteroatoms. The lowest BCUT2D eigenvalue weighted by Gasteiger charge is -2.26. The molecule has 2 amide bonds. The molecule has 0 atom stereocenters. The van der Waals surface area contributed by atoms with E-state index in [2.05, 4.69) is 37.9 Å². The maximum Gasteiger partial charge on any atom is 0.272 e. The number of pyridine rings is 1. The molecule has 12 nitrogen and oxygen atoms in total. The first kappa shape index (κ1) is 26.0. The summed E-state index contributed by atoms with van der Waals surface area (Å²) in [7, 11) is 1.97. The lowest BCUT2D eigenvalue weighted by atomic mass is 10.2. The number of carbonyl (C=O) groups is 2. The third kappa shape index (κ3) is 4.63. The van der Waals surface area contributed by atoms with E-state index in [4.69, 9.17) is 9.72 Å². The molecule has 0 bridgehead atoms. The van der Waals surface area contributed by atoms with E-state index in [0.29, 0.717) is 75.2 Å². The van der Waals surface area contributed by atoms with Crippen LogP contribution in [-0.2, 0) is 36.1 Å². The second kappa shape index (κ2) is 10.2. The highest BCUT2D eigenvalue weighted by Gasteiger charge is 2.42. The van der Waals surface area contributed by atoms with Crippen LogP contribution < -0.4 is 5.32 Å². The van der Waals surface area contributed by atoms with Crippen molar-refractivity contribution in [3.63, 3.8) is 0 Å². The number of hydrogen-bond donors (Lipinski definition) is 1. The smallest absolute Gasteiger partial charge is 0.272 e. The van der Waals surface area contributed by atoms with Crippen molar-refractivity contribution in [1.29, 1.82) is 0 Å². The molecular weight excluding hydrogens is 522 g/mol.